The molecule has 194 valence electrons. The molecule has 9 nitrogen and oxygen atoms in total. The van der Waals surface area contributed by atoms with Crippen molar-refractivity contribution in [3.8, 4) is 0 Å². The van der Waals surface area contributed by atoms with Crippen LogP contribution in [0.2, 0.25) is 0 Å². The molecule has 0 spiro atoms. The number of pyridine rings is 1. The standard InChI is InChI=1S/C28H26N4O5S/c33-26-13-10-22-16-24(11-12-25(22)30-26)38(35,36)31-27(21-7-2-1-3-8-21)28(34)32(19-23-9-5-15-37-23)18-20-6-4-14-29-17-20/h1-3,5-16,27,31H,4,17-19H2,(H,30,33). The first kappa shape index (κ1) is 25.4. The number of hydrogen-bond donors (Lipinski definition) is 2. The van der Waals surface area contributed by atoms with E-state index in [-0.39, 0.29) is 23.5 Å². The van der Waals surface area contributed by atoms with E-state index in [0.29, 0.717) is 35.2 Å². The fourth-order valence-corrected chi connectivity index (χ4v) is 5.53. The van der Waals surface area contributed by atoms with Crippen LogP contribution in [-0.4, -0.2) is 43.5 Å². The molecule has 0 fully saturated rings. The molecule has 38 heavy (non-hydrogen) atoms. The number of aromatic amines is 1. The Morgan fingerprint density at radius 1 is 1.05 bits per heavy atom. The third-order valence-corrected chi connectivity index (χ3v) is 7.65. The van der Waals surface area contributed by atoms with Gasteiger partial charge in [0, 0.05) is 30.8 Å². The number of aromatic nitrogens is 1. The number of furan rings is 1. The minimum absolute atomic E-state index is 0.0207. The lowest BCUT2D eigenvalue weighted by atomic mass is 10.1. The quantitative estimate of drug-likeness (QED) is 0.320. The van der Waals surface area contributed by atoms with Crippen molar-refractivity contribution in [2.45, 2.75) is 23.9 Å². The van der Waals surface area contributed by atoms with E-state index in [9.17, 15) is 18.0 Å². The predicted molar refractivity (Wildman–Crippen MR) is 144 cm³/mol. The van der Waals surface area contributed by atoms with Crippen molar-refractivity contribution in [3.05, 3.63) is 112 Å². The zero-order valence-corrected chi connectivity index (χ0v) is 21.2. The van der Waals surface area contributed by atoms with Gasteiger partial charge in [-0.15, -0.1) is 0 Å². The van der Waals surface area contributed by atoms with Crippen LogP contribution in [0.3, 0.4) is 0 Å². The summed E-state index contributed by atoms with van der Waals surface area (Å²) in [5.74, 6) is 0.160. The monoisotopic (exact) mass is 530 g/mol. The Morgan fingerprint density at radius 3 is 2.63 bits per heavy atom. The summed E-state index contributed by atoms with van der Waals surface area (Å²) in [6.45, 7) is 0.926. The van der Waals surface area contributed by atoms with Gasteiger partial charge in [-0.25, -0.2) is 8.42 Å². The van der Waals surface area contributed by atoms with E-state index in [4.69, 9.17) is 4.42 Å². The number of aliphatic imine (C=N–C) groups is 1. The molecule has 2 N–H and O–H groups in total. The number of benzene rings is 2. The number of carbonyl (C=O) groups is 1. The number of H-pyrrole nitrogens is 1. The normalized spacial score (nSPS) is 14.3. The van der Waals surface area contributed by atoms with Gasteiger partial charge in [0.1, 0.15) is 11.8 Å². The lowest BCUT2D eigenvalue weighted by Gasteiger charge is -2.28. The summed E-state index contributed by atoms with van der Waals surface area (Å²) in [6, 6.07) is 18.4. The van der Waals surface area contributed by atoms with Gasteiger partial charge in [-0.2, -0.15) is 4.72 Å². The third-order valence-electron chi connectivity index (χ3n) is 6.23. The van der Waals surface area contributed by atoms with E-state index in [0.717, 1.165) is 5.57 Å². The molecule has 5 rings (SSSR count). The Bertz CT molecular complexity index is 1660. The number of carbonyl (C=O) groups excluding carboxylic acids is 1. The van der Waals surface area contributed by atoms with Gasteiger partial charge in [-0.1, -0.05) is 36.4 Å². The second-order valence-electron chi connectivity index (χ2n) is 8.93. The highest BCUT2D eigenvalue weighted by Gasteiger charge is 2.32. The first-order chi connectivity index (χ1) is 18.4. The van der Waals surface area contributed by atoms with E-state index in [1.807, 2.05) is 12.3 Å². The molecule has 1 unspecified atom stereocenters. The summed E-state index contributed by atoms with van der Waals surface area (Å²) in [5.41, 5.74) is 1.70. The molecule has 0 bridgehead atoms. The molecule has 2 aromatic carbocycles. The number of fused-ring (bicyclic) bond motifs is 1. The summed E-state index contributed by atoms with van der Waals surface area (Å²) in [5, 5.41) is 0.555. The predicted octanol–water partition coefficient (Wildman–Crippen LogP) is 3.57. The lowest BCUT2D eigenvalue weighted by Crippen LogP contribution is -2.43. The summed E-state index contributed by atoms with van der Waals surface area (Å²) in [7, 11) is -4.13. The molecule has 1 amide bonds. The smallest absolute Gasteiger partial charge is 0.248 e. The van der Waals surface area contributed by atoms with Gasteiger partial charge in [-0.3, -0.25) is 14.6 Å². The SMILES string of the molecule is O=C(C(NS(=O)(=O)c1ccc2[nH]c(=O)ccc2c1)c1ccccc1)N(CC1=CCC=NC1)Cc1ccco1. The van der Waals surface area contributed by atoms with Crippen LogP contribution in [0.5, 0.6) is 0 Å². The van der Waals surface area contributed by atoms with Gasteiger partial charge in [-0.05, 0) is 52.9 Å². The largest absolute Gasteiger partial charge is 0.467 e. The van der Waals surface area contributed by atoms with Crippen molar-refractivity contribution in [1.29, 1.82) is 0 Å². The number of hydrogen-bond acceptors (Lipinski definition) is 6. The molecule has 0 saturated heterocycles. The van der Waals surface area contributed by atoms with E-state index >= 15 is 0 Å². The van der Waals surface area contributed by atoms with Crippen molar-refractivity contribution in [2.75, 3.05) is 13.1 Å². The maximum Gasteiger partial charge on any atom is 0.248 e. The first-order valence-corrected chi connectivity index (χ1v) is 13.5. The lowest BCUT2D eigenvalue weighted by molar-refractivity contribution is -0.133. The fourth-order valence-electron chi connectivity index (χ4n) is 4.31. The summed E-state index contributed by atoms with van der Waals surface area (Å²) < 4.78 is 35.2. The third kappa shape index (κ3) is 5.82. The number of dihydropyridines is 1. The van der Waals surface area contributed by atoms with E-state index < -0.39 is 22.0 Å². The minimum Gasteiger partial charge on any atom is -0.467 e. The van der Waals surface area contributed by atoms with Crippen molar-refractivity contribution in [1.82, 2.24) is 14.6 Å². The van der Waals surface area contributed by atoms with Gasteiger partial charge in [0.2, 0.25) is 21.5 Å². The number of nitrogens with one attached hydrogen (secondary N) is 2. The molecule has 0 radical (unpaired) electrons. The zero-order chi connectivity index (χ0) is 26.5. The Kier molecular flexibility index (Phi) is 7.34. The number of sulfonamides is 1. The molecule has 0 aliphatic carbocycles. The van der Waals surface area contributed by atoms with Gasteiger partial charge >= 0.3 is 0 Å². The van der Waals surface area contributed by atoms with Crippen LogP contribution < -0.4 is 10.3 Å². The Morgan fingerprint density at radius 2 is 1.89 bits per heavy atom. The number of nitrogens with zero attached hydrogens (tertiary/aromatic N) is 2. The highest BCUT2D eigenvalue weighted by Crippen LogP contribution is 2.24. The van der Waals surface area contributed by atoms with Crippen molar-refractivity contribution >= 4 is 33.0 Å². The molecular weight excluding hydrogens is 504 g/mol. The fraction of sp³-hybridized carbons (Fsp3) is 0.179. The van der Waals surface area contributed by atoms with Crippen LogP contribution in [-0.2, 0) is 21.4 Å². The zero-order valence-electron chi connectivity index (χ0n) is 20.4. The van der Waals surface area contributed by atoms with Gasteiger partial charge < -0.3 is 14.3 Å². The molecule has 1 aliphatic rings. The molecule has 10 heteroatoms. The van der Waals surface area contributed by atoms with Crippen LogP contribution in [0.4, 0.5) is 0 Å². The average Bonchev–Trinajstić information content (AvgIpc) is 3.45. The van der Waals surface area contributed by atoms with Crippen molar-refractivity contribution in [2.24, 2.45) is 4.99 Å². The Hall–Kier alpha value is -4.28. The van der Waals surface area contributed by atoms with Crippen LogP contribution in [0.25, 0.3) is 10.9 Å². The van der Waals surface area contributed by atoms with E-state index in [2.05, 4.69) is 14.7 Å². The molecule has 2 aromatic heterocycles. The topological polar surface area (TPSA) is 125 Å². The first-order valence-electron chi connectivity index (χ1n) is 12.1. The minimum atomic E-state index is -4.13. The van der Waals surface area contributed by atoms with Gasteiger partial charge in [0.05, 0.1) is 24.2 Å². The Labute approximate surface area is 219 Å². The number of amides is 1. The van der Waals surface area contributed by atoms with Gasteiger partial charge in [0.15, 0.2) is 0 Å². The molecule has 1 aliphatic heterocycles. The van der Waals surface area contributed by atoms with Crippen molar-refractivity contribution < 1.29 is 17.6 Å². The summed E-state index contributed by atoms with van der Waals surface area (Å²) in [4.78, 5) is 34.2. The molecule has 4 aromatic rings. The average molecular weight is 531 g/mol. The molecule has 0 saturated carbocycles. The second-order valence-corrected chi connectivity index (χ2v) is 10.6. The van der Waals surface area contributed by atoms with E-state index in [1.54, 1.807) is 53.4 Å². The van der Waals surface area contributed by atoms with Crippen molar-refractivity contribution in [3.63, 3.8) is 0 Å². The van der Waals surface area contributed by atoms with E-state index in [1.165, 1.54) is 30.5 Å². The highest BCUT2D eigenvalue weighted by molar-refractivity contribution is 7.89. The highest BCUT2D eigenvalue weighted by atomic mass is 32.2. The second kappa shape index (κ2) is 11.0. The van der Waals surface area contributed by atoms with Crippen LogP contribution >= 0.6 is 0 Å². The molecule has 3 heterocycles. The Balaban J connectivity index is 1.49. The molecule has 1 atom stereocenters. The number of rotatable bonds is 9. The maximum atomic E-state index is 14.1. The maximum absolute atomic E-state index is 14.1. The summed E-state index contributed by atoms with van der Waals surface area (Å²) in [6.07, 6.45) is 6.06. The van der Waals surface area contributed by atoms with Gasteiger partial charge in [0.25, 0.3) is 0 Å². The van der Waals surface area contributed by atoms with Crippen LogP contribution in [0.1, 0.15) is 23.8 Å². The number of allylic oxidation sites excluding steroid dienone is 1. The van der Waals surface area contributed by atoms with Crippen LogP contribution in [0.15, 0.2) is 110 Å². The molecular formula is C28H26N4O5S. The summed E-state index contributed by atoms with van der Waals surface area (Å²) >= 11 is 0. The van der Waals surface area contributed by atoms with Crippen LogP contribution in [0, 0.1) is 0 Å².